The van der Waals surface area contributed by atoms with E-state index in [4.69, 9.17) is 19.8 Å². The van der Waals surface area contributed by atoms with E-state index in [1.165, 1.54) is 6.92 Å². The van der Waals surface area contributed by atoms with Crippen molar-refractivity contribution in [2.75, 3.05) is 19.8 Å². The standard InChI is InChI=1S/C12H16ClNO5S/c1-8-11(20(13,16)17)6-10(19-8)12(15)14-4-2-9-3-5-18-7-9/h6,9H,2-5,7H2,1H3,(H,14,15). The highest BCUT2D eigenvalue weighted by molar-refractivity contribution is 8.13. The molecule has 0 aromatic carbocycles. The van der Waals surface area contributed by atoms with Crippen LogP contribution in [0.1, 0.15) is 29.2 Å². The summed E-state index contributed by atoms with van der Waals surface area (Å²) in [7, 11) is 1.34. The number of aryl methyl sites for hydroxylation is 1. The van der Waals surface area contributed by atoms with Crippen molar-refractivity contribution in [3.63, 3.8) is 0 Å². The molecule has 1 aromatic rings. The number of rotatable bonds is 5. The van der Waals surface area contributed by atoms with Gasteiger partial charge in [0.25, 0.3) is 15.0 Å². The third-order valence-electron chi connectivity index (χ3n) is 3.22. The van der Waals surface area contributed by atoms with E-state index >= 15 is 0 Å². The Morgan fingerprint density at radius 1 is 1.55 bits per heavy atom. The summed E-state index contributed by atoms with van der Waals surface area (Å²) >= 11 is 0. The molecule has 1 atom stereocenters. The van der Waals surface area contributed by atoms with Crippen LogP contribution in [0.25, 0.3) is 0 Å². The van der Waals surface area contributed by atoms with Crippen LogP contribution in [-0.2, 0) is 13.8 Å². The van der Waals surface area contributed by atoms with E-state index in [0.717, 1.165) is 32.1 Å². The molecule has 1 fully saturated rings. The van der Waals surface area contributed by atoms with Gasteiger partial charge in [-0.15, -0.1) is 0 Å². The maximum atomic E-state index is 11.8. The van der Waals surface area contributed by atoms with Crippen molar-refractivity contribution in [2.24, 2.45) is 5.92 Å². The fourth-order valence-corrected chi connectivity index (χ4v) is 3.20. The largest absolute Gasteiger partial charge is 0.455 e. The van der Waals surface area contributed by atoms with Crippen LogP contribution in [0.4, 0.5) is 0 Å². The van der Waals surface area contributed by atoms with Gasteiger partial charge in [0.05, 0.1) is 0 Å². The van der Waals surface area contributed by atoms with Gasteiger partial charge in [-0.3, -0.25) is 4.79 Å². The molecule has 1 amide bonds. The SMILES string of the molecule is Cc1oc(C(=O)NCCC2CCOC2)cc1S(=O)(=O)Cl. The third kappa shape index (κ3) is 3.74. The predicted molar refractivity (Wildman–Crippen MR) is 72.4 cm³/mol. The maximum Gasteiger partial charge on any atom is 0.287 e. The van der Waals surface area contributed by atoms with Crippen molar-refractivity contribution in [3.8, 4) is 0 Å². The van der Waals surface area contributed by atoms with Gasteiger partial charge in [-0.1, -0.05) is 0 Å². The number of carbonyl (C=O) groups is 1. The maximum absolute atomic E-state index is 11.8. The second kappa shape index (κ2) is 6.15. The van der Waals surface area contributed by atoms with Gasteiger partial charge >= 0.3 is 0 Å². The number of furan rings is 1. The van der Waals surface area contributed by atoms with Crippen molar-refractivity contribution in [1.82, 2.24) is 5.32 Å². The summed E-state index contributed by atoms with van der Waals surface area (Å²) in [5, 5.41) is 2.69. The van der Waals surface area contributed by atoms with Gasteiger partial charge in [0, 0.05) is 36.5 Å². The van der Waals surface area contributed by atoms with Crippen LogP contribution in [0.15, 0.2) is 15.4 Å². The highest BCUT2D eigenvalue weighted by Gasteiger charge is 2.22. The van der Waals surface area contributed by atoms with E-state index in [2.05, 4.69) is 5.32 Å². The van der Waals surface area contributed by atoms with Gasteiger partial charge in [0.15, 0.2) is 5.76 Å². The zero-order chi connectivity index (χ0) is 14.8. The molecule has 0 bridgehead atoms. The zero-order valence-electron chi connectivity index (χ0n) is 11.0. The fraction of sp³-hybridized carbons (Fsp3) is 0.583. The number of nitrogens with one attached hydrogen (secondary N) is 1. The molecule has 0 aliphatic carbocycles. The summed E-state index contributed by atoms with van der Waals surface area (Å²) in [6.45, 7) is 3.44. The van der Waals surface area contributed by atoms with E-state index in [0.29, 0.717) is 12.5 Å². The molecule has 1 aliphatic rings. The summed E-state index contributed by atoms with van der Waals surface area (Å²) in [5.41, 5.74) is 0. The van der Waals surface area contributed by atoms with Gasteiger partial charge in [0.2, 0.25) is 0 Å². The van der Waals surface area contributed by atoms with Crippen molar-refractivity contribution in [1.29, 1.82) is 0 Å². The molecule has 1 N–H and O–H groups in total. The van der Waals surface area contributed by atoms with E-state index in [1.54, 1.807) is 0 Å². The lowest BCUT2D eigenvalue weighted by Crippen LogP contribution is -2.25. The number of hydrogen-bond donors (Lipinski definition) is 1. The molecule has 0 radical (unpaired) electrons. The topological polar surface area (TPSA) is 85.6 Å². The van der Waals surface area contributed by atoms with E-state index in [1.807, 2.05) is 0 Å². The Morgan fingerprint density at radius 2 is 2.30 bits per heavy atom. The van der Waals surface area contributed by atoms with Crippen LogP contribution < -0.4 is 5.32 Å². The first-order valence-electron chi connectivity index (χ1n) is 6.29. The monoisotopic (exact) mass is 321 g/mol. The number of ether oxygens (including phenoxy) is 1. The Bertz CT molecular complexity index is 589. The molecule has 0 saturated carbocycles. The second-order valence-corrected chi connectivity index (χ2v) is 7.28. The minimum Gasteiger partial charge on any atom is -0.455 e. The van der Waals surface area contributed by atoms with Crippen molar-refractivity contribution >= 4 is 25.6 Å². The van der Waals surface area contributed by atoms with Crippen LogP contribution in [0.2, 0.25) is 0 Å². The van der Waals surface area contributed by atoms with E-state index < -0.39 is 15.0 Å². The number of hydrogen-bond acceptors (Lipinski definition) is 5. The van der Waals surface area contributed by atoms with Gasteiger partial charge < -0.3 is 14.5 Å². The molecule has 6 nitrogen and oxygen atoms in total. The van der Waals surface area contributed by atoms with Crippen LogP contribution in [0, 0.1) is 12.8 Å². The highest BCUT2D eigenvalue weighted by atomic mass is 35.7. The Hall–Kier alpha value is -1.05. The first kappa shape index (κ1) is 15.3. The third-order valence-corrected chi connectivity index (χ3v) is 4.65. The summed E-state index contributed by atoms with van der Waals surface area (Å²) in [6, 6.07) is 1.14. The van der Waals surface area contributed by atoms with Crippen LogP contribution in [0.3, 0.4) is 0 Å². The molecule has 0 spiro atoms. The van der Waals surface area contributed by atoms with Gasteiger partial charge in [-0.2, -0.15) is 0 Å². The Labute approximate surface area is 121 Å². The first-order valence-corrected chi connectivity index (χ1v) is 8.60. The van der Waals surface area contributed by atoms with Crippen LogP contribution >= 0.6 is 10.7 Å². The van der Waals surface area contributed by atoms with E-state index in [-0.39, 0.29) is 16.4 Å². The molecular weight excluding hydrogens is 306 g/mol. The first-order chi connectivity index (χ1) is 9.38. The van der Waals surface area contributed by atoms with Gasteiger partial charge in [-0.25, -0.2) is 8.42 Å². The minimum atomic E-state index is -3.90. The number of amides is 1. The quantitative estimate of drug-likeness (QED) is 0.834. The average molecular weight is 322 g/mol. The highest BCUT2D eigenvalue weighted by Crippen LogP contribution is 2.23. The Kier molecular flexibility index (Phi) is 4.72. The molecule has 8 heteroatoms. The normalized spacial score (nSPS) is 19.2. The molecule has 2 heterocycles. The van der Waals surface area contributed by atoms with Gasteiger partial charge in [0.1, 0.15) is 10.7 Å². The van der Waals surface area contributed by atoms with E-state index in [9.17, 15) is 13.2 Å². The lowest BCUT2D eigenvalue weighted by molar-refractivity contribution is 0.0921. The minimum absolute atomic E-state index is 0.0515. The van der Waals surface area contributed by atoms with Crippen molar-refractivity contribution in [2.45, 2.75) is 24.7 Å². The second-order valence-electron chi connectivity index (χ2n) is 4.74. The smallest absolute Gasteiger partial charge is 0.287 e. The zero-order valence-corrected chi connectivity index (χ0v) is 12.6. The lowest BCUT2D eigenvalue weighted by Gasteiger charge is -2.07. The van der Waals surface area contributed by atoms with Gasteiger partial charge in [-0.05, 0) is 25.7 Å². The number of carbonyl (C=O) groups excluding carboxylic acids is 1. The fourth-order valence-electron chi connectivity index (χ4n) is 2.11. The van der Waals surface area contributed by atoms with Crippen molar-refractivity contribution in [3.05, 3.63) is 17.6 Å². The molecule has 20 heavy (non-hydrogen) atoms. The van der Waals surface area contributed by atoms with Crippen LogP contribution in [0.5, 0.6) is 0 Å². The lowest BCUT2D eigenvalue weighted by atomic mass is 10.1. The summed E-state index contributed by atoms with van der Waals surface area (Å²) < 4.78 is 32.8. The van der Waals surface area contributed by atoms with Crippen LogP contribution in [-0.4, -0.2) is 34.1 Å². The molecule has 112 valence electrons. The Morgan fingerprint density at radius 3 is 2.85 bits per heavy atom. The summed E-state index contributed by atoms with van der Waals surface area (Å²) in [5.74, 6) is 0.0738. The molecule has 1 aliphatic heterocycles. The summed E-state index contributed by atoms with van der Waals surface area (Å²) in [4.78, 5) is 11.7. The average Bonchev–Trinajstić information content (AvgIpc) is 2.97. The Balaban J connectivity index is 1.92. The molecular formula is C12H16ClNO5S. The molecule has 2 rings (SSSR count). The molecule has 1 saturated heterocycles. The van der Waals surface area contributed by atoms with Crippen molar-refractivity contribution < 1.29 is 22.4 Å². The molecule has 1 aromatic heterocycles. The predicted octanol–water partition coefficient (Wildman–Crippen LogP) is 1.67. The summed E-state index contributed by atoms with van der Waals surface area (Å²) in [6.07, 6.45) is 1.83. The molecule has 1 unspecified atom stereocenters. The number of halogens is 1.